The number of aliphatic hydroxyl groups is 2. The summed E-state index contributed by atoms with van der Waals surface area (Å²) in [5, 5.41) is 18.8. The molecule has 0 aliphatic heterocycles. The van der Waals surface area contributed by atoms with Crippen LogP contribution in [0.5, 0.6) is 11.5 Å². The molecule has 2 N–H and O–H groups in total. The third-order valence-electron chi connectivity index (χ3n) is 4.95. The smallest absolute Gasteiger partial charge is 0.166 e. The first-order valence-corrected chi connectivity index (χ1v) is 10.8. The highest BCUT2D eigenvalue weighted by atomic mass is 16.5. The number of carbonyl (C=O) groups excluding carboxylic acids is 1. The van der Waals surface area contributed by atoms with Crippen molar-refractivity contribution < 1.29 is 24.5 Å². The van der Waals surface area contributed by atoms with Gasteiger partial charge in [-0.2, -0.15) is 0 Å². The molecule has 0 aliphatic rings. The molecule has 5 nitrogen and oxygen atoms in total. The van der Waals surface area contributed by atoms with Crippen molar-refractivity contribution in [3.63, 3.8) is 0 Å². The summed E-state index contributed by atoms with van der Waals surface area (Å²) in [4.78, 5) is 12.7. The van der Waals surface area contributed by atoms with Crippen molar-refractivity contribution in [3.8, 4) is 11.5 Å². The Hall–Kier alpha value is -3.15. The molecule has 3 rings (SSSR count). The Kier molecular flexibility index (Phi) is 8.42. The van der Waals surface area contributed by atoms with Crippen LogP contribution in [0, 0.1) is 5.92 Å². The van der Waals surface area contributed by atoms with Crippen molar-refractivity contribution in [3.05, 3.63) is 95.6 Å². The molecule has 5 heteroatoms. The summed E-state index contributed by atoms with van der Waals surface area (Å²) in [6, 6.07) is 25.0. The van der Waals surface area contributed by atoms with Crippen LogP contribution in [0.1, 0.15) is 47.9 Å². The van der Waals surface area contributed by atoms with Crippen molar-refractivity contribution in [2.75, 3.05) is 13.2 Å². The number of hydrogen-bond donors (Lipinski definition) is 2. The van der Waals surface area contributed by atoms with Gasteiger partial charge >= 0.3 is 0 Å². The van der Waals surface area contributed by atoms with Crippen molar-refractivity contribution >= 4 is 5.78 Å². The van der Waals surface area contributed by atoms with Crippen LogP contribution >= 0.6 is 0 Å². The lowest BCUT2D eigenvalue weighted by atomic mass is 10.00. The molecule has 0 saturated carbocycles. The quantitative estimate of drug-likeness (QED) is 0.423. The van der Waals surface area contributed by atoms with Crippen molar-refractivity contribution in [1.82, 2.24) is 0 Å². The van der Waals surface area contributed by atoms with Gasteiger partial charge in [-0.25, -0.2) is 0 Å². The molecule has 3 aromatic rings. The van der Waals surface area contributed by atoms with Gasteiger partial charge < -0.3 is 19.7 Å². The van der Waals surface area contributed by atoms with E-state index >= 15 is 0 Å². The first kappa shape index (κ1) is 23.5. The van der Waals surface area contributed by atoms with Crippen LogP contribution in [0.25, 0.3) is 0 Å². The summed E-state index contributed by atoms with van der Waals surface area (Å²) in [6.07, 6.45) is -0.991. The second-order valence-corrected chi connectivity index (χ2v) is 8.15. The highest BCUT2D eigenvalue weighted by Crippen LogP contribution is 2.33. The van der Waals surface area contributed by atoms with Gasteiger partial charge in [0.2, 0.25) is 0 Å². The van der Waals surface area contributed by atoms with Gasteiger partial charge in [-0.15, -0.1) is 0 Å². The predicted molar refractivity (Wildman–Crippen MR) is 124 cm³/mol. The van der Waals surface area contributed by atoms with Gasteiger partial charge in [-0.3, -0.25) is 4.79 Å². The fourth-order valence-corrected chi connectivity index (χ4v) is 3.37. The van der Waals surface area contributed by atoms with Crippen LogP contribution in [0.4, 0.5) is 0 Å². The molecule has 32 heavy (non-hydrogen) atoms. The monoisotopic (exact) mass is 434 g/mol. The van der Waals surface area contributed by atoms with Crippen molar-refractivity contribution in [2.24, 2.45) is 5.92 Å². The molecule has 0 spiro atoms. The molecule has 0 aromatic heterocycles. The fourth-order valence-electron chi connectivity index (χ4n) is 3.37. The molecule has 0 aliphatic carbocycles. The van der Waals surface area contributed by atoms with Gasteiger partial charge in [0.15, 0.2) is 5.78 Å². The van der Waals surface area contributed by atoms with E-state index in [4.69, 9.17) is 14.6 Å². The SMILES string of the molecule is CC(C)CC(=O)c1ccc(OC(c2ccccc2)c2ccccc2)cc1OC[C@H](O)CO. The normalized spacial score (nSPS) is 12.1. The summed E-state index contributed by atoms with van der Waals surface area (Å²) in [7, 11) is 0. The zero-order valence-corrected chi connectivity index (χ0v) is 18.5. The maximum atomic E-state index is 12.7. The summed E-state index contributed by atoms with van der Waals surface area (Å²) in [5.41, 5.74) is 2.43. The Morgan fingerprint density at radius 2 is 1.50 bits per heavy atom. The first-order chi connectivity index (χ1) is 15.5. The van der Waals surface area contributed by atoms with Gasteiger partial charge in [0, 0.05) is 12.5 Å². The summed E-state index contributed by atoms with van der Waals surface area (Å²) in [5.74, 6) is 1.04. The third-order valence-corrected chi connectivity index (χ3v) is 4.95. The van der Waals surface area contributed by atoms with Crippen LogP contribution in [-0.2, 0) is 0 Å². The van der Waals surface area contributed by atoms with Crippen LogP contribution in [0.3, 0.4) is 0 Å². The fraction of sp³-hybridized carbons (Fsp3) is 0.296. The number of hydrogen-bond acceptors (Lipinski definition) is 5. The Bertz CT molecular complexity index is 946. The molecular formula is C27H30O5. The average Bonchev–Trinajstić information content (AvgIpc) is 2.81. The van der Waals surface area contributed by atoms with Gasteiger partial charge in [0.25, 0.3) is 0 Å². The highest BCUT2D eigenvalue weighted by Gasteiger charge is 2.20. The van der Waals surface area contributed by atoms with Gasteiger partial charge in [0.1, 0.15) is 30.3 Å². The van der Waals surface area contributed by atoms with E-state index in [-0.39, 0.29) is 24.4 Å². The number of benzene rings is 3. The van der Waals surface area contributed by atoms with Crippen molar-refractivity contribution in [2.45, 2.75) is 32.5 Å². The molecule has 0 heterocycles. The van der Waals surface area contributed by atoms with Crippen molar-refractivity contribution in [1.29, 1.82) is 0 Å². The maximum absolute atomic E-state index is 12.7. The molecular weight excluding hydrogens is 404 g/mol. The number of carbonyl (C=O) groups is 1. The first-order valence-electron chi connectivity index (χ1n) is 10.8. The zero-order chi connectivity index (χ0) is 22.9. The van der Waals surface area contributed by atoms with E-state index in [0.29, 0.717) is 23.5 Å². The van der Waals surface area contributed by atoms with Crippen LogP contribution < -0.4 is 9.47 Å². The zero-order valence-electron chi connectivity index (χ0n) is 18.5. The van der Waals surface area contributed by atoms with E-state index in [1.165, 1.54) is 0 Å². The molecule has 1 atom stereocenters. The molecule has 0 fully saturated rings. The van der Waals surface area contributed by atoms with Crippen LogP contribution in [0.2, 0.25) is 0 Å². The number of ketones is 1. The lowest BCUT2D eigenvalue weighted by Gasteiger charge is -2.21. The topological polar surface area (TPSA) is 76.0 Å². The third kappa shape index (κ3) is 6.42. The molecule has 3 aromatic carbocycles. The van der Waals surface area contributed by atoms with E-state index in [9.17, 15) is 9.90 Å². The van der Waals surface area contributed by atoms with E-state index < -0.39 is 12.7 Å². The molecule has 0 unspecified atom stereocenters. The predicted octanol–water partition coefficient (Wildman–Crippen LogP) is 4.82. The van der Waals surface area contributed by atoms with Gasteiger partial charge in [0.05, 0.1) is 12.2 Å². The second-order valence-electron chi connectivity index (χ2n) is 8.15. The van der Waals surface area contributed by atoms with Crippen LogP contribution in [0.15, 0.2) is 78.9 Å². The maximum Gasteiger partial charge on any atom is 0.166 e. The number of Topliss-reactive ketones (excluding diaryl/α,β-unsaturated/α-hetero) is 1. The minimum absolute atomic E-state index is 0.0392. The van der Waals surface area contributed by atoms with Crippen LogP contribution in [-0.4, -0.2) is 35.3 Å². The minimum Gasteiger partial charge on any atom is -0.490 e. The number of rotatable bonds is 11. The summed E-state index contributed by atoms with van der Waals surface area (Å²) < 4.78 is 12.1. The Morgan fingerprint density at radius 1 is 0.906 bits per heavy atom. The average molecular weight is 435 g/mol. The van der Waals surface area contributed by atoms with E-state index in [2.05, 4.69) is 0 Å². The molecule has 168 valence electrons. The van der Waals surface area contributed by atoms with Gasteiger partial charge in [-0.1, -0.05) is 74.5 Å². The van der Waals surface area contributed by atoms with Gasteiger partial charge in [-0.05, 0) is 29.2 Å². The number of aliphatic hydroxyl groups excluding tert-OH is 2. The number of ether oxygens (including phenoxy) is 2. The summed E-state index contributed by atoms with van der Waals surface area (Å²) >= 11 is 0. The molecule has 0 radical (unpaired) electrons. The lowest BCUT2D eigenvalue weighted by Crippen LogP contribution is -2.22. The van der Waals surface area contributed by atoms with E-state index in [1.54, 1.807) is 18.2 Å². The summed E-state index contributed by atoms with van der Waals surface area (Å²) in [6.45, 7) is 3.42. The lowest BCUT2D eigenvalue weighted by molar-refractivity contribution is 0.0529. The standard InChI is InChI=1S/C27H30O5/c1-19(2)15-25(30)24-14-13-23(16-26(24)31-18-22(29)17-28)32-27(20-9-5-3-6-10-20)21-11-7-4-8-12-21/h3-14,16,19,22,27-29H,15,17-18H2,1-2H3/t22-/m1/s1. The molecule has 0 amide bonds. The Labute approximate surface area is 189 Å². The minimum atomic E-state index is -1.03. The molecule has 0 saturated heterocycles. The Morgan fingerprint density at radius 3 is 2.03 bits per heavy atom. The largest absolute Gasteiger partial charge is 0.490 e. The highest BCUT2D eigenvalue weighted by molar-refractivity contribution is 5.99. The van der Waals surface area contributed by atoms with E-state index in [1.807, 2.05) is 74.5 Å². The Balaban J connectivity index is 1.93. The van der Waals surface area contributed by atoms with E-state index in [0.717, 1.165) is 11.1 Å². The molecule has 0 bridgehead atoms. The second kappa shape index (κ2) is 11.5.